The second-order valence-corrected chi connectivity index (χ2v) is 7.63. The Kier molecular flexibility index (Phi) is 8.65. The molecule has 0 aliphatic carbocycles. The van der Waals surface area contributed by atoms with Crippen molar-refractivity contribution in [1.82, 2.24) is 15.1 Å². The summed E-state index contributed by atoms with van der Waals surface area (Å²) in [4.78, 5) is 21.3. The third-order valence-corrected chi connectivity index (χ3v) is 4.95. The molecule has 2 aliphatic rings. The molecule has 2 heterocycles. The van der Waals surface area contributed by atoms with Crippen LogP contribution in [0.4, 0.5) is 0 Å². The van der Waals surface area contributed by atoms with Gasteiger partial charge in [0.15, 0.2) is 5.96 Å². The van der Waals surface area contributed by atoms with Crippen LogP contribution in [-0.4, -0.2) is 87.4 Å². The number of nitrogens with zero attached hydrogens (tertiary/aromatic N) is 3. The fourth-order valence-electron chi connectivity index (χ4n) is 3.68. The molecule has 2 aliphatic heterocycles. The summed E-state index contributed by atoms with van der Waals surface area (Å²) in [6.07, 6.45) is 1.79. The highest BCUT2D eigenvalue weighted by atomic mass is 16.5. The zero-order valence-corrected chi connectivity index (χ0v) is 16.9. The number of piperidine rings is 1. The van der Waals surface area contributed by atoms with Crippen molar-refractivity contribution in [3.8, 4) is 0 Å². The van der Waals surface area contributed by atoms with E-state index in [4.69, 9.17) is 14.5 Å². The molecular weight excluding hydrogens is 332 g/mol. The van der Waals surface area contributed by atoms with Crippen molar-refractivity contribution in [1.29, 1.82) is 0 Å². The number of rotatable bonds is 6. The summed E-state index contributed by atoms with van der Waals surface area (Å²) >= 11 is 0. The summed E-state index contributed by atoms with van der Waals surface area (Å²) in [5.41, 5.74) is 0. The Hall–Kier alpha value is -1.34. The van der Waals surface area contributed by atoms with Crippen LogP contribution >= 0.6 is 0 Å². The first-order valence-electron chi connectivity index (χ1n) is 9.98. The molecule has 1 atom stereocenters. The summed E-state index contributed by atoms with van der Waals surface area (Å²) in [7, 11) is 1.47. The predicted molar refractivity (Wildman–Crippen MR) is 103 cm³/mol. The summed E-state index contributed by atoms with van der Waals surface area (Å²) in [5, 5.41) is 3.38. The van der Waals surface area contributed by atoms with Gasteiger partial charge in [-0.15, -0.1) is 0 Å². The van der Waals surface area contributed by atoms with Gasteiger partial charge in [0.05, 0.1) is 32.3 Å². The van der Waals surface area contributed by atoms with Crippen LogP contribution in [0.5, 0.6) is 0 Å². The number of aliphatic imine (C=N–C) groups is 1. The van der Waals surface area contributed by atoms with E-state index in [-0.39, 0.29) is 18.0 Å². The van der Waals surface area contributed by atoms with E-state index in [9.17, 15) is 4.79 Å². The van der Waals surface area contributed by atoms with Crippen LogP contribution in [0.1, 0.15) is 33.6 Å². The highest BCUT2D eigenvalue weighted by Crippen LogP contribution is 2.18. The van der Waals surface area contributed by atoms with Gasteiger partial charge in [-0.05, 0) is 25.7 Å². The molecule has 2 rings (SSSR count). The molecule has 0 spiro atoms. The van der Waals surface area contributed by atoms with Gasteiger partial charge >= 0.3 is 5.97 Å². The van der Waals surface area contributed by atoms with Crippen LogP contribution in [0, 0.1) is 11.8 Å². The summed E-state index contributed by atoms with van der Waals surface area (Å²) in [6.45, 7) is 13.6. The van der Waals surface area contributed by atoms with Crippen LogP contribution in [0.2, 0.25) is 0 Å². The van der Waals surface area contributed by atoms with Crippen molar-refractivity contribution in [2.24, 2.45) is 16.8 Å². The maximum atomic E-state index is 11.7. The summed E-state index contributed by atoms with van der Waals surface area (Å²) in [5.74, 6) is 1.53. The molecule has 0 aromatic rings. The number of ether oxygens (including phenoxy) is 2. The zero-order valence-electron chi connectivity index (χ0n) is 16.9. The van der Waals surface area contributed by atoms with Crippen molar-refractivity contribution in [3.05, 3.63) is 0 Å². The minimum absolute atomic E-state index is 0.0189. The van der Waals surface area contributed by atoms with E-state index >= 15 is 0 Å². The number of morpholine rings is 1. The molecule has 0 aromatic carbocycles. The van der Waals surface area contributed by atoms with Gasteiger partial charge < -0.3 is 19.7 Å². The first-order chi connectivity index (χ1) is 12.5. The highest BCUT2D eigenvalue weighted by molar-refractivity contribution is 5.80. The largest absolute Gasteiger partial charge is 0.469 e. The lowest BCUT2D eigenvalue weighted by atomic mass is 9.97. The van der Waals surface area contributed by atoms with Crippen LogP contribution in [-0.2, 0) is 14.3 Å². The van der Waals surface area contributed by atoms with Crippen molar-refractivity contribution in [2.75, 3.05) is 59.5 Å². The number of nitrogens with one attached hydrogen (secondary N) is 1. The lowest BCUT2D eigenvalue weighted by molar-refractivity contribution is -0.146. The van der Waals surface area contributed by atoms with E-state index in [0.29, 0.717) is 12.5 Å². The monoisotopic (exact) mass is 368 g/mol. The standard InChI is InChI=1S/C19H36N4O3/c1-5-20-19(23-8-6-16(7-9-23)18(24)25-4)21-12-17-14-22(10-11-26-17)13-15(2)3/h15-17H,5-14H2,1-4H3,(H,20,21). The molecule has 150 valence electrons. The molecule has 0 bridgehead atoms. The van der Waals surface area contributed by atoms with Gasteiger partial charge in [0.2, 0.25) is 0 Å². The van der Waals surface area contributed by atoms with E-state index in [1.807, 2.05) is 0 Å². The normalized spacial score (nSPS) is 23.3. The van der Waals surface area contributed by atoms with E-state index < -0.39 is 0 Å². The summed E-state index contributed by atoms with van der Waals surface area (Å²) in [6, 6.07) is 0. The maximum Gasteiger partial charge on any atom is 0.308 e. The predicted octanol–water partition coefficient (Wildman–Crippen LogP) is 1.19. The number of hydrogen-bond donors (Lipinski definition) is 1. The molecule has 0 radical (unpaired) electrons. The maximum absolute atomic E-state index is 11.7. The molecule has 7 heteroatoms. The first-order valence-corrected chi connectivity index (χ1v) is 9.98. The van der Waals surface area contributed by atoms with Crippen LogP contribution in [0.25, 0.3) is 0 Å². The van der Waals surface area contributed by atoms with Crippen LogP contribution in [0.15, 0.2) is 4.99 Å². The second kappa shape index (κ2) is 10.7. The fourth-order valence-corrected chi connectivity index (χ4v) is 3.68. The van der Waals surface area contributed by atoms with Gasteiger partial charge in [-0.25, -0.2) is 0 Å². The quantitative estimate of drug-likeness (QED) is 0.432. The minimum atomic E-state index is -0.0903. The fraction of sp³-hybridized carbons (Fsp3) is 0.895. The molecule has 0 aromatic heterocycles. The second-order valence-electron chi connectivity index (χ2n) is 7.63. The Bertz CT molecular complexity index is 462. The molecule has 7 nitrogen and oxygen atoms in total. The number of likely N-dealkylation sites (tertiary alicyclic amines) is 1. The number of esters is 1. The molecule has 26 heavy (non-hydrogen) atoms. The third-order valence-electron chi connectivity index (χ3n) is 4.95. The van der Waals surface area contributed by atoms with Gasteiger partial charge in [0.1, 0.15) is 0 Å². The van der Waals surface area contributed by atoms with Crippen molar-refractivity contribution >= 4 is 11.9 Å². The molecule has 1 unspecified atom stereocenters. The number of carbonyl (C=O) groups excluding carboxylic acids is 1. The topological polar surface area (TPSA) is 66.4 Å². The van der Waals surface area contributed by atoms with E-state index in [0.717, 1.165) is 64.7 Å². The Labute approximate surface area is 158 Å². The molecular formula is C19H36N4O3. The van der Waals surface area contributed by atoms with E-state index in [1.54, 1.807) is 0 Å². The Morgan fingerprint density at radius 1 is 1.31 bits per heavy atom. The van der Waals surface area contributed by atoms with Gasteiger partial charge in [-0.1, -0.05) is 13.8 Å². The third kappa shape index (κ3) is 6.43. The highest BCUT2D eigenvalue weighted by Gasteiger charge is 2.27. The van der Waals surface area contributed by atoms with E-state index in [1.165, 1.54) is 7.11 Å². The number of carbonyl (C=O) groups is 1. The summed E-state index contributed by atoms with van der Waals surface area (Å²) < 4.78 is 10.8. The van der Waals surface area contributed by atoms with Crippen LogP contribution in [0.3, 0.4) is 0 Å². The zero-order chi connectivity index (χ0) is 18.9. The van der Waals surface area contributed by atoms with Crippen molar-refractivity contribution < 1.29 is 14.3 Å². The lowest BCUT2D eigenvalue weighted by Crippen LogP contribution is -2.48. The number of methoxy groups -OCH3 is 1. The minimum Gasteiger partial charge on any atom is -0.469 e. The van der Waals surface area contributed by atoms with E-state index in [2.05, 4.69) is 35.9 Å². The molecule has 2 saturated heterocycles. The lowest BCUT2D eigenvalue weighted by Gasteiger charge is -2.35. The van der Waals surface area contributed by atoms with Gasteiger partial charge in [-0.3, -0.25) is 14.7 Å². The van der Waals surface area contributed by atoms with Gasteiger partial charge in [0, 0.05) is 39.3 Å². The Morgan fingerprint density at radius 2 is 2.04 bits per heavy atom. The average molecular weight is 369 g/mol. The first kappa shape index (κ1) is 21.0. The molecule has 2 fully saturated rings. The molecule has 0 saturated carbocycles. The Morgan fingerprint density at radius 3 is 2.65 bits per heavy atom. The Balaban J connectivity index is 1.87. The molecule has 0 amide bonds. The number of guanidine groups is 1. The number of hydrogen-bond acceptors (Lipinski definition) is 5. The van der Waals surface area contributed by atoms with Gasteiger partial charge in [0.25, 0.3) is 0 Å². The average Bonchev–Trinajstić information content (AvgIpc) is 2.64. The van der Waals surface area contributed by atoms with Crippen LogP contribution < -0.4 is 5.32 Å². The SMILES string of the molecule is CCNC(=NCC1CN(CC(C)C)CCO1)N1CCC(C(=O)OC)CC1. The molecule has 1 N–H and O–H groups in total. The van der Waals surface area contributed by atoms with Gasteiger partial charge in [-0.2, -0.15) is 0 Å². The smallest absolute Gasteiger partial charge is 0.308 e. The van der Waals surface area contributed by atoms with Crippen molar-refractivity contribution in [2.45, 2.75) is 39.7 Å². The van der Waals surface area contributed by atoms with Crippen molar-refractivity contribution in [3.63, 3.8) is 0 Å².